The van der Waals surface area contributed by atoms with E-state index in [9.17, 15) is 4.79 Å². The maximum Gasteiger partial charge on any atom is 0.344 e. The van der Waals surface area contributed by atoms with Gasteiger partial charge in [-0.2, -0.15) is 0 Å². The molecule has 0 spiro atoms. The second-order valence-corrected chi connectivity index (χ2v) is 3.65. The van der Waals surface area contributed by atoms with Gasteiger partial charge in [-0.25, -0.2) is 4.79 Å². The molecule has 16 heavy (non-hydrogen) atoms. The van der Waals surface area contributed by atoms with Gasteiger partial charge in [-0.1, -0.05) is 25.1 Å². The fourth-order valence-corrected chi connectivity index (χ4v) is 1.35. The molecule has 0 aliphatic carbocycles. The van der Waals surface area contributed by atoms with Gasteiger partial charge < -0.3 is 15.6 Å². The highest BCUT2D eigenvalue weighted by atomic mass is 16.5. The van der Waals surface area contributed by atoms with Gasteiger partial charge in [0, 0.05) is 11.6 Å². The minimum Gasteiger partial charge on any atom is -0.479 e. The van der Waals surface area contributed by atoms with Gasteiger partial charge in [0.25, 0.3) is 0 Å². The van der Waals surface area contributed by atoms with Gasteiger partial charge in [0.05, 0.1) is 0 Å². The third kappa shape index (κ3) is 2.97. The van der Waals surface area contributed by atoms with E-state index in [0.717, 1.165) is 12.0 Å². The molecule has 1 unspecified atom stereocenters. The third-order valence-electron chi connectivity index (χ3n) is 2.41. The first-order valence-electron chi connectivity index (χ1n) is 5.30. The maximum absolute atomic E-state index is 10.7. The van der Waals surface area contributed by atoms with Crippen molar-refractivity contribution in [3.63, 3.8) is 0 Å². The van der Waals surface area contributed by atoms with E-state index in [-0.39, 0.29) is 6.04 Å². The van der Waals surface area contributed by atoms with Gasteiger partial charge in [0.1, 0.15) is 5.75 Å². The van der Waals surface area contributed by atoms with E-state index in [0.29, 0.717) is 5.75 Å². The van der Waals surface area contributed by atoms with Gasteiger partial charge in [0.15, 0.2) is 6.10 Å². The Hall–Kier alpha value is -1.55. The number of carbonyl (C=O) groups is 1. The molecule has 0 aliphatic rings. The molecular weight excluding hydrogens is 206 g/mol. The average molecular weight is 223 g/mol. The molecule has 0 saturated heterocycles. The predicted octanol–water partition coefficient (Wildman–Crippen LogP) is 1.95. The molecule has 1 rings (SSSR count). The molecule has 0 bridgehead atoms. The molecule has 88 valence electrons. The number of para-hydroxylation sites is 1. The van der Waals surface area contributed by atoms with Gasteiger partial charge in [-0.3, -0.25) is 0 Å². The summed E-state index contributed by atoms with van der Waals surface area (Å²) in [5.41, 5.74) is 6.76. The van der Waals surface area contributed by atoms with Crippen molar-refractivity contribution in [2.75, 3.05) is 0 Å². The molecule has 1 aromatic rings. The lowest BCUT2D eigenvalue weighted by molar-refractivity contribution is -0.144. The third-order valence-corrected chi connectivity index (χ3v) is 2.41. The summed E-state index contributed by atoms with van der Waals surface area (Å²) in [6, 6.07) is 7.14. The molecule has 0 fully saturated rings. The number of hydrogen-bond donors (Lipinski definition) is 2. The van der Waals surface area contributed by atoms with Crippen LogP contribution in [0, 0.1) is 0 Å². The number of hydrogen-bond acceptors (Lipinski definition) is 3. The summed E-state index contributed by atoms with van der Waals surface area (Å²) < 4.78 is 5.35. The van der Waals surface area contributed by atoms with E-state index < -0.39 is 12.1 Å². The molecule has 0 aromatic heterocycles. The van der Waals surface area contributed by atoms with Crippen molar-refractivity contribution >= 4 is 5.97 Å². The van der Waals surface area contributed by atoms with Crippen LogP contribution in [0.1, 0.15) is 31.9 Å². The predicted molar refractivity (Wildman–Crippen MR) is 61.4 cm³/mol. The summed E-state index contributed by atoms with van der Waals surface area (Å²) in [6.07, 6.45) is -0.0906. The lowest BCUT2D eigenvalue weighted by Gasteiger charge is -2.17. The Balaban J connectivity index is 2.90. The van der Waals surface area contributed by atoms with Crippen LogP contribution in [-0.2, 0) is 4.79 Å². The fourth-order valence-electron chi connectivity index (χ4n) is 1.35. The second kappa shape index (κ2) is 5.51. The summed E-state index contributed by atoms with van der Waals surface area (Å²) in [6.45, 7) is 3.47. The Morgan fingerprint density at radius 3 is 2.69 bits per heavy atom. The van der Waals surface area contributed by atoms with Gasteiger partial charge in [0.2, 0.25) is 0 Å². The summed E-state index contributed by atoms with van der Waals surface area (Å²) in [7, 11) is 0. The Morgan fingerprint density at radius 2 is 2.12 bits per heavy atom. The molecule has 4 nitrogen and oxygen atoms in total. The van der Waals surface area contributed by atoms with Crippen molar-refractivity contribution in [3.05, 3.63) is 29.8 Å². The summed E-state index contributed by atoms with van der Waals surface area (Å²) >= 11 is 0. The van der Waals surface area contributed by atoms with Crippen LogP contribution in [0.3, 0.4) is 0 Å². The van der Waals surface area contributed by atoms with Crippen molar-refractivity contribution in [2.45, 2.75) is 32.4 Å². The first-order valence-corrected chi connectivity index (χ1v) is 5.30. The molecule has 0 radical (unpaired) electrons. The summed E-state index contributed by atoms with van der Waals surface area (Å²) in [4.78, 5) is 10.7. The van der Waals surface area contributed by atoms with Crippen LogP contribution < -0.4 is 10.5 Å². The molecule has 4 heteroatoms. The lowest BCUT2D eigenvalue weighted by atomic mass is 10.0. The largest absolute Gasteiger partial charge is 0.479 e. The molecule has 0 amide bonds. The minimum absolute atomic E-state index is 0.128. The maximum atomic E-state index is 10.7. The highest BCUT2D eigenvalue weighted by molar-refractivity contribution is 5.72. The topological polar surface area (TPSA) is 72.5 Å². The SMILES string of the molecule is CC[C@@H](N)c1ccccc1OC(C)C(=O)O. The Kier molecular flexibility index (Phi) is 4.31. The zero-order valence-corrected chi connectivity index (χ0v) is 9.51. The summed E-state index contributed by atoms with van der Waals surface area (Å²) in [5.74, 6) is -0.438. The second-order valence-electron chi connectivity index (χ2n) is 3.65. The van der Waals surface area contributed by atoms with E-state index in [1.54, 1.807) is 12.1 Å². The molecule has 0 heterocycles. The van der Waals surface area contributed by atoms with E-state index in [1.165, 1.54) is 6.92 Å². The number of benzene rings is 1. The Labute approximate surface area is 95.0 Å². The Bertz CT molecular complexity index is 365. The smallest absolute Gasteiger partial charge is 0.344 e. The van der Waals surface area contributed by atoms with Crippen LogP contribution in [-0.4, -0.2) is 17.2 Å². The summed E-state index contributed by atoms with van der Waals surface area (Å²) in [5, 5.41) is 8.77. The van der Waals surface area contributed by atoms with Gasteiger partial charge in [-0.15, -0.1) is 0 Å². The van der Waals surface area contributed by atoms with Gasteiger partial charge >= 0.3 is 5.97 Å². The van der Waals surface area contributed by atoms with E-state index in [4.69, 9.17) is 15.6 Å². The number of carboxylic acids is 1. The number of aliphatic carboxylic acids is 1. The number of nitrogens with two attached hydrogens (primary N) is 1. The first kappa shape index (κ1) is 12.5. The molecule has 2 atom stereocenters. The van der Waals surface area contributed by atoms with E-state index in [1.807, 2.05) is 19.1 Å². The molecule has 3 N–H and O–H groups in total. The average Bonchev–Trinajstić information content (AvgIpc) is 2.28. The minimum atomic E-state index is -0.986. The zero-order chi connectivity index (χ0) is 12.1. The standard InChI is InChI=1S/C12H17NO3/c1-3-10(13)9-6-4-5-7-11(9)16-8(2)12(14)15/h4-8,10H,3,13H2,1-2H3,(H,14,15)/t8?,10-/m1/s1. The van der Waals surface area contributed by atoms with Crippen molar-refractivity contribution in [2.24, 2.45) is 5.73 Å². The van der Waals surface area contributed by atoms with E-state index in [2.05, 4.69) is 0 Å². The fraction of sp³-hybridized carbons (Fsp3) is 0.417. The van der Waals surface area contributed by atoms with Crippen LogP contribution >= 0.6 is 0 Å². The first-order chi connectivity index (χ1) is 7.56. The lowest BCUT2D eigenvalue weighted by Crippen LogP contribution is -2.24. The monoisotopic (exact) mass is 223 g/mol. The number of ether oxygens (including phenoxy) is 1. The van der Waals surface area contributed by atoms with Gasteiger partial charge in [-0.05, 0) is 19.4 Å². The van der Waals surface area contributed by atoms with Crippen LogP contribution in [0.4, 0.5) is 0 Å². The van der Waals surface area contributed by atoms with Crippen molar-refractivity contribution in [3.8, 4) is 5.75 Å². The molecule has 1 aromatic carbocycles. The van der Waals surface area contributed by atoms with Crippen molar-refractivity contribution in [1.29, 1.82) is 0 Å². The molecule has 0 aliphatic heterocycles. The normalized spacial score (nSPS) is 14.2. The quantitative estimate of drug-likeness (QED) is 0.800. The van der Waals surface area contributed by atoms with Crippen molar-refractivity contribution in [1.82, 2.24) is 0 Å². The van der Waals surface area contributed by atoms with E-state index >= 15 is 0 Å². The molecular formula is C12H17NO3. The zero-order valence-electron chi connectivity index (χ0n) is 9.51. The highest BCUT2D eigenvalue weighted by Gasteiger charge is 2.16. The van der Waals surface area contributed by atoms with Crippen LogP contribution in [0.5, 0.6) is 5.75 Å². The molecule has 0 saturated carbocycles. The number of rotatable bonds is 5. The highest BCUT2D eigenvalue weighted by Crippen LogP contribution is 2.26. The van der Waals surface area contributed by atoms with Crippen LogP contribution in [0.2, 0.25) is 0 Å². The van der Waals surface area contributed by atoms with Crippen molar-refractivity contribution < 1.29 is 14.6 Å². The van der Waals surface area contributed by atoms with Crippen LogP contribution in [0.15, 0.2) is 24.3 Å². The number of carboxylic acid groups (broad SMARTS) is 1. The van der Waals surface area contributed by atoms with Crippen LogP contribution in [0.25, 0.3) is 0 Å². The Morgan fingerprint density at radius 1 is 1.50 bits per heavy atom.